The molecule has 1 rings (SSSR count). The van der Waals surface area contributed by atoms with E-state index < -0.39 is 38.6 Å². The van der Waals surface area contributed by atoms with E-state index in [-0.39, 0.29) is 0 Å². The van der Waals surface area contributed by atoms with Crippen LogP contribution in [0.3, 0.4) is 0 Å². The van der Waals surface area contributed by atoms with Crippen LogP contribution in [0.1, 0.15) is 6.42 Å². The summed E-state index contributed by atoms with van der Waals surface area (Å²) in [6.45, 7) is 0. The molecule has 0 aliphatic heterocycles. The molecular formula is C6H5N3O6. The molecule has 80 valence electrons. The summed E-state index contributed by atoms with van der Waals surface area (Å²) in [5.41, 5.74) is -1.14. The lowest BCUT2D eigenvalue weighted by molar-refractivity contribution is -0.521. The van der Waals surface area contributed by atoms with Gasteiger partial charge in [-0.15, -0.1) is 0 Å². The molecule has 0 aromatic carbocycles. The van der Waals surface area contributed by atoms with Crippen LogP contribution in [0, 0.1) is 30.3 Å². The fourth-order valence-electron chi connectivity index (χ4n) is 1.12. The highest BCUT2D eigenvalue weighted by Gasteiger charge is 2.34. The molecule has 0 saturated heterocycles. The predicted octanol–water partition coefficient (Wildman–Crippen LogP) is 0.357. The van der Waals surface area contributed by atoms with Gasteiger partial charge in [-0.2, -0.15) is 0 Å². The normalized spacial score (nSPS) is 20.1. The zero-order valence-electron chi connectivity index (χ0n) is 7.23. The highest BCUT2D eigenvalue weighted by atomic mass is 16.6. The van der Waals surface area contributed by atoms with Crippen molar-refractivity contribution >= 4 is 0 Å². The molecule has 0 spiro atoms. The van der Waals surface area contributed by atoms with Crippen molar-refractivity contribution in [2.45, 2.75) is 12.5 Å². The van der Waals surface area contributed by atoms with Crippen LogP contribution in [0.4, 0.5) is 0 Å². The van der Waals surface area contributed by atoms with Crippen molar-refractivity contribution in [3.63, 3.8) is 0 Å². The van der Waals surface area contributed by atoms with Crippen molar-refractivity contribution in [1.82, 2.24) is 0 Å². The molecule has 0 bridgehead atoms. The van der Waals surface area contributed by atoms with Gasteiger partial charge in [-0.25, -0.2) is 0 Å². The summed E-state index contributed by atoms with van der Waals surface area (Å²) in [7, 11) is 0. The average Bonchev–Trinajstić information content (AvgIpc) is 2.16. The topological polar surface area (TPSA) is 129 Å². The fourth-order valence-corrected chi connectivity index (χ4v) is 1.12. The smallest absolute Gasteiger partial charge is 0.264 e. The third-order valence-electron chi connectivity index (χ3n) is 1.81. The molecule has 1 aliphatic rings. The highest BCUT2D eigenvalue weighted by molar-refractivity contribution is 5.21. The Bertz CT molecular complexity index is 398. The molecule has 0 fully saturated rings. The second-order valence-corrected chi connectivity index (χ2v) is 2.80. The van der Waals surface area contributed by atoms with Gasteiger partial charge in [0.15, 0.2) is 0 Å². The summed E-state index contributed by atoms with van der Waals surface area (Å²) >= 11 is 0. The Morgan fingerprint density at radius 3 is 2.13 bits per heavy atom. The van der Waals surface area contributed by atoms with Crippen molar-refractivity contribution in [2.75, 3.05) is 0 Å². The van der Waals surface area contributed by atoms with E-state index in [0.717, 1.165) is 12.2 Å². The third-order valence-corrected chi connectivity index (χ3v) is 1.81. The van der Waals surface area contributed by atoms with Gasteiger partial charge in [-0.1, -0.05) is 0 Å². The molecule has 0 radical (unpaired) electrons. The minimum Gasteiger partial charge on any atom is -0.264 e. The second kappa shape index (κ2) is 3.82. The molecule has 1 unspecified atom stereocenters. The van der Waals surface area contributed by atoms with Gasteiger partial charge in [0.05, 0.1) is 22.0 Å². The van der Waals surface area contributed by atoms with Crippen LogP contribution in [0.25, 0.3) is 0 Å². The molecule has 9 heteroatoms. The van der Waals surface area contributed by atoms with Gasteiger partial charge in [0, 0.05) is 4.92 Å². The van der Waals surface area contributed by atoms with Crippen LogP contribution in [-0.4, -0.2) is 20.8 Å². The van der Waals surface area contributed by atoms with Gasteiger partial charge in [-0.3, -0.25) is 30.3 Å². The summed E-state index contributed by atoms with van der Waals surface area (Å²) in [6.07, 6.45) is 1.10. The van der Waals surface area contributed by atoms with Gasteiger partial charge >= 0.3 is 0 Å². The van der Waals surface area contributed by atoms with E-state index in [1.54, 1.807) is 0 Å². The van der Waals surface area contributed by atoms with Crippen LogP contribution in [-0.2, 0) is 0 Å². The molecule has 0 saturated carbocycles. The molecule has 0 aromatic rings. The largest absolute Gasteiger partial charge is 0.278 e. The first-order chi connectivity index (χ1) is 6.91. The molecule has 15 heavy (non-hydrogen) atoms. The first-order valence-electron chi connectivity index (χ1n) is 3.76. The SMILES string of the molecule is O=[N+]([O-])C1=CC([N+](=O)[O-])CC([N+](=O)[O-])=C1. The van der Waals surface area contributed by atoms with Crippen LogP contribution in [0.15, 0.2) is 23.5 Å². The Hall–Kier alpha value is -2.32. The fraction of sp³-hybridized carbons (Fsp3) is 0.333. The molecule has 1 atom stereocenters. The lowest BCUT2D eigenvalue weighted by atomic mass is 10.0. The van der Waals surface area contributed by atoms with Crippen molar-refractivity contribution in [2.24, 2.45) is 0 Å². The maximum Gasteiger partial charge on any atom is 0.278 e. The second-order valence-electron chi connectivity index (χ2n) is 2.80. The van der Waals surface area contributed by atoms with Crippen LogP contribution < -0.4 is 0 Å². The third kappa shape index (κ3) is 2.33. The van der Waals surface area contributed by atoms with E-state index in [2.05, 4.69) is 0 Å². The number of nitro groups is 3. The zero-order valence-corrected chi connectivity index (χ0v) is 7.23. The monoisotopic (exact) mass is 215 g/mol. The lowest BCUT2D eigenvalue weighted by Crippen LogP contribution is -2.24. The molecule has 0 amide bonds. The van der Waals surface area contributed by atoms with Crippen LogP contribution in [0.5, 0.6) is 0 Å². The Balaban J connectivity index is 3.07. The van der Waals surface area contributed by atoms with E-state index >= 15 is 0 Å². The van der Waals surface area contributed by atoms with Gasteiger partial charge in [-0.05, 0) is 0 Å². The molecule has 1 aliphatic carbocycles. The average molecular weight is 215 g/mol. The number of allylic oxidation sites excluding steroid dienone is 1. The standard InChI is InChI=1S/C6H5N3O6/c10-7(11)4-1-5(8(12)13)3-6(2-4)9(14)15/h1-2,5H,3H2. The van der Waals surface area contributed by atoms with E-state index in [0.29, 0.717) is 0 Å². The van der Waals surface area contributed by atoms with Gasteiger partial charge in [0.25, 0.3) is 11.4 Å². The van der Waals surface area contributed by atoms with E-state index in [4.69, 9.17) is 0 Å². The van der Waals surface area contributed by atoms with E-state index in [1.165, 1.54) is 0 Å². The quantitative estimate of drug-likeness (QED) is 0.493. The first kappa shape index (κ1) is 10.8. The summed E-state index contributed by atoms with van der Waals surface area (Å²) in [5.74, 6) is 0. The minimum absolute atomic E-state index is 0.433. The number of nitrogens with zero attached hydrogens (tertiary/aromatic N) is 3. The van der Waals surface area contributed by atoms with Gasteiger partial charge in [0.2, 0.25) is 6.04 Å². The molecule has 0 aromatic heterocycles. The minimum atomic E-state index is -1.41. The molecule has 0 N–H and O–H groups in total. The van der Waals surface area contributed by atoms with E-state index in [1.807, 2.05) is 0 Å². The maximum atomic E-state index is 10.4. The lowest BCUT2D eigenvalue weighted by Gasteiger charge is -2.06. The van der Waals surface area contributed by atoms with Crippen LogP contribution >= 0.6 is 0 Å². The molecule has 9 nitrogen and oxygen atoms in total. The summed E-state index contributed by atoms with van der Waals surface area (Å²) in [4.78, 5) is 28.5. The van der Waals surface area contributed by atoms with Crippen molar-refractivity contribution < 1.29 is 14.8 Å². The van der Waals surface area contributed by atoms with Crippen molar-refractivity contribution in [1.29, 1.82) is 0 Å². The Morgan fingerprint density at radius 2 is 1.73 bits per heavy atom. The molecular weight excluding hydrogens is 210 g/mol. The summed E-state index contributed by atoms with van der Waals surface area (Å²) < 4.78 is 0. The summed E-state index contributed by atoms with van der Waals surface area (Å²) in [6, 6.07) is -1.41. The summed E-state index contributed by atoms with van der Waals surface area (Å²) in [5, 5.41) is 31.1. The number of hydrogen-bond acceptors (Lipinski definition) is 6. The maximum absolute atomic E-state index is 10.4. The van der Waals surface area contributed by atoms with Gasteiger partial charge in [0.1, 0.15) is 6.42 Å². The zero-order chi connectivity index (χ0) is 11.6. The van der Waals surface area contributed by atoms with Gasteiger partial charge < -0.3 is 0 Å². The first-order valence-corrected chi connectivity index (χ1v) is 3.76. The van der Waals surface area contributed by atoms with Crippen molar-refractivity contribution in [3.8, 4) is 0 Å². The van der Waals surface area contributed by atoms with Crippen LogP contribution in [0.2, 0.25) is 0 Å². The number of hydrogen-bond donors (Lipinski definition) is 0. The Labute approximate surface area is 82.1 Å². The highest BCUT2D eigenvalue weighted by Crippen LogP contribution is 2.20. The molecule has 0 heterocycles. The predicted molar refractivity (Wildman–Crippen MR) is 45.6 cm³/mol. The Kier molecular flexibility index (Phi) is 2.74. The Morgan fingerprint density at radius 1 is 1.13 bits per heavy atom. The van der Waals surface area contributed by atoms with Crippen molar-refractivity contribution in [3.05, 3.63) is 53.9 Å². The number of rotatable bonds is 3. The van der Waals surface area contributed by atoms with E-state index in [9.17, 15) is 30.3 Å².